The molecule has 118 valence electrons. The van der Waals surface area contributed by atoms with E-state index in [1.54, 1.807) is 26.1 Å². The minimum atomic E-state index is -0.894. The molecule has 0 saturated heterocycles. The summed E-state index contributed by atoms with van der Waals surface area (Å²) in [6, 6.07) is 6.25. The molecule has 0 radical (unpaired) electrons. The lowest BCUT2D eigenvalue weighted by Crippen LogP contribution is -2.33. The van der Waals surface area contributed by atoms with Crippen molar-refractivity contribution in [2.24, 2.45) is 7.05 Å². The Bertz CT molecular complexity index is 808. The average molecular weight is 334 g/mol. The van der Waals surface area contributed by atoms with Gasteiger partial charge in [0.15, 0.2) is 0 Å². The SMILES string of the molecule is CCc1nn(C)c(Cl)c1C(=O)ON1C(=O)c2ccccc2C1=O. The molecule has 0 unspecified atom stereocenters. The van der Waals surface area contributed by atoms with E-state index in [0.717, 1.165) is 0 Å². The molecule has 2 aromatic rings. The summed E-state index contributed by atoms with van der Waals surface area (Å²) < 4.78 is 1.33. The van der Waals surface area contributed by atoms with Crippen molar-refractivity contribution in [2.75, 3.05) is 0 Å². The highest BCUT2D eigenvalue weighted by Crippen LogP contribution is 2.26. The van der Waals surface area contributed by atoms with Crippen molar-refractivity contribution in [3.8, 4) is 0 Å². The molecule has 1 aromatic carbocycles. The van der Waals surface area contributed by atoms with Gasteiger partial charge in [0.05, 0.1) is 16.8 Å². The number of fused-ring (bicyclic) bond motifs is 1. The van der Waals surface area contributed by atoms with E-state index in [0.29, 0.717) is 17.2 Å². The summed E-state index contributed by atoms with van der Waals surface area (Å²) in [6.07, 6.45) is 0.451. The summed E-state index contributed by atoms with van der Waals surface area (Å²) in [7, 11) is 1.58. The number of rotatable bonds is 3. The summed E-state index contributed by atoms with van der Waals surface area (Å²) in [6.45, 7) is 1.80. The molecule has 1 aliphatic heterocycles. The molecule has 1 aromatic heterocycles. The normalized spacial score (nSPS) is 13.4. The number of halogens is 1. The first-order chi connectivity index (χ1) is 11.0. The molecule has 3 rings (SSSR count). The van der Waals surface area contributed by atoms with Crippen LogP contribution < -0.4 is 0 Å². The molecule has 2 heterocycles. The van der Waals surface area contributed by atoms with E-state index in [-0.39, 0.29) is 21.8 Å². The highest BCUT2D eigenvalue weighted by Gasteiger charge is 2.39. The summed E-state index contributed by atoms with van der Waals surface area (Å²) in [5.74, 6) is -2.26. The van der Waals surface area contributed by atoms with Crippen LogP contribution in [0.25, 0.3) is 0 Å². The Hall–Kier alpha value is -2.67. The van der Waals surface area contributed by atoms with E-state index in [1.807, 2.05) is 0 Å². The predicted molar refractivity (Wildman–Crippen MR) is 80.0 cm³/mol. The highest BCUT2D eigenvalue weighted by molar-refractivity contribution is 6.33. The number of carbonyl (C=O) groups is 3. The largest absolute Gasteiger partial charge is 0.368 e. The second-order valence-electron chi connectivity index (χ2n) is 4.92. The van der Waals surface area contributed by atoms with Crippen molar-refractivity contribution in [2.45, 2.75) is 13.3 Å². The molecule has 7 nitrogen and oxygen atoms in total. The van der Waals surface area contributed by atoms with Crippen molar-refractivity contribution in [1.29, 1.82) is 0 Å². The number of aromatic nitrogens is 2. The quantitative estimate of drug-likeness (QED) is 0.802. The third-order valence-corrected chi connectivity index (χ3v) is 3.95. The lowest BCUT2D eigenvalue weighted by molar-refractivity contribution is -0.0585. The van der Waals surface area contributed by atoms with Gasteiger partial charge in [-0.2, -0.15) is 5.10 Å². The molecule has 0 saturated carbocycles. The van der Waals surface area contributed by atoms with E-state index < -0.39 is 17.8 Å². The van der Waals surface area contributed by atoms with Crippen LogP contribution in [0.3, 0.4) is 0 Å². The van der Waals surface area contributed by atoms with Crippen molar-refractivity contribution in [3.63, 3.8) is 0 Å². The number of hydrogen-bond acceptors (Lipinski definition) is 5. The Morgan fingerprint density at radius 1 is 1.22 bits per heavy atom. The maximum absolute atomic E-state index is 12.4. The number of imide groups is 1. The molecule has 0 N–H and O–H groups in total. The van der Waals surface area contributed by atoms with E-state index in [2.05, 4.69) is 5.10 Å². The van der Waals surface area contributed by atoms with Crippen LogP contribution in [0.1, 0.15) is 43.7 Å². The molecule has 0 aliphatic carbocycles. The van der Waals surface area contributed by atoms with Gasteiger partial charge >= 0.3 is 5.97 Å². The van der Waals surface area contributed by atoms with Gasteiger partial charge < -0.3 is 4.84 Å². The Kier molecular flexibility index (Phi) is 3.65. The molecular formula is C15H12ClN3O4. The topological polar surface area (TPSA) is 81.5 Å². The first-order valence-electron chi connectivity index (χ1n) is 6.87. The van der Waals surface area contributed by atoms with E-state index in [1.165, 1.54) is 16.8 Å². The standard InChI is InChI=1S/C15H12ClN3O4/c1-3-10-11(12(16)18(2)17-10)15(22)23-19-13(20)8-6-4-5-7-9(8)14(19)21/h4-7H,3H2,1-2H3. The molecule has 0 fully saturated rings. The number of nitrogens with zero attached hydrogens (tertiary/aromatic N) is 3. The number of hydrogen-bond donors (Lipinski definition) is 0. The molecule has 23 heavy (non-hydrogen) atoms. The van der Waals surface area contributed by atoms with Crippen molar-refractivity contribution in [1.82, 2.24) is 14.8 Å². The van der Waals surface area contributed by atoms with E-state index >= 15 is 0 Å². The van der Waals surface area contributed by atoms with Gasteiger partial charge in [-0.05, 0) is 18.6 Å². The summed E-state index contributed by atoms with van der Waals surface area (Å²) in [5, 5.41) is 4.64. The third kappa shape index (κ3) is 2.29. The fourth-order valence-electron chi connectivity index (χ4n) is 2.38. The second-order valence-corrected chi connectivity index (χ2v) is 5.28. The van der Waals surface area contributed by atoms with Gasteiger partial charge in [0, 0.05) is 7.05 Å². The van der Waals surface area contributed by atoms with Gasteiger partial charge in [-0.25, -0.2) is 4.79 Å². The lowest BCUT2D eigenvalue weighted by atomic mass is 10.1. The number of hydroxylamine groups is 2. The van der Waals surface area contributed by atoms with Crippen LogP contribution >= 0.6 is 11.6 Å². The third-order valence-electron chi connectivity index (χ3n) is 3.52. The van der Waals surface area contributed by atoms with Gasteiger partial charge in [0.2, 0.25) is 0 Å². The molecule has 0 atom stereocenters. The molecule has 0 spiro atoms. The summed E-state index contributed by atoms with van der Waals surface area (Å²) in [5.41, 5.74) is 0.865. The van der Waals surface area contributed by atoms with Gasteiger partial charge in [-0.15, -0.1) is 0 Å². The molecule has 1 aliphatic rings. The molecule has 2 amide bonds. The van der Waals surface area contributed by atoms with E-state index in [4.69, 9.17) is 16.4 Å². The van der Waals surface area contributed by atoms with Crippen molar-refractivity contribution in [3.05, 3.63) is 51.8 Å². The number of amides is 2. The van der Waals surface area contributed by atoms with Gasteiger partial charge in [-0.3, -0.25) is 14.3 Å². The Labute approximate surface area is 136 Å². The lowest BCUT2D eigenvalue weighted by Gasteiger charge is -2.12. The first-order valence-corrected chi connectivity index (χ1v) is 7.25. The van der Waals surface area contributed by atoms with Crippen LogP contribution in [-0.4, -0.2) is 32.6 Å². The monoisotopic (exact) mass is 333 g/mol. The van der Waals surface area contributed by atoms with Crippen LogP contribution in [0.2, 0.25) is 5.15 Å². The van der Waals surface area contributed by atoms with Crippen LogP contribution in [0.4, 0.5) is 0 Å². The van der Waals surface area contributed by atoms with E-state index in [9.17, 15) is 14.4 Å². The maximum Gasteiger partial charge on any atom is 0.368 e. The zero-order valence-corrected chi connectivity index (χ0v) is 13.1. The predicted octanol–water partition coefficient (Wildman–Crippen LogP) is 2.00. The van der Waals surface area contributed by atoms with Crippen molar-refractivity contribution < 1.29 is 19.2 Å². The highest BCUT2D eigenvalue weighted by atomic mass is 35.5. The Morgan fingerprint density at radius 2 is 1.78 bits per heavy atom. The average Bonchev–Trinajstić information content (AvgIpc) is 2.97. The van der Waals surface area contributed by atoms with Gasteiger partial charge in [0.25, 0.3) is 11.8 Å². The van der Waals surface area contributed by atoms with Crippen LogP contribution in [-0.2, 0) is 18.3 Å². The minimum Gasteiger partial charge on any atom is -0.324 e. The first kappa shape index (κ1) is 15.2. The minimum absolute atomic E-state index is 0.0493. The zero-order valence-electron chi connectivity index (χ0n) is 12.4. The van der Waals surface area contributed by atoms with Gasteiger partial charge in [0.1, 0.15) is 10.7 Å². The number of benzene rings is 1. The summed E-state index contributed by atoms with van der Waals surface area (Å²) in [4.78, 5) is 41.7. The zero-order chi connectivity index (χ0) is 16.7. The Morgan fingerprint density at radius 3 is 2.30 bits per heavy atom. The maximum atomic E-state index is 12.4. The second kappa shape index (κ2) is 5.51. The molecule has 8 heteroatoms. The summed E-state index contributed by atoms with van der Waals surface area (Å²) >= 11 is 6.05. The fraction of sp³-hybridized carbons (Fsp3) is 0.200. The van der Waals surface area contributed by atoms with Gasteiger partial charge in [-0.1, -0.05) is 35.7 Å². The number of aryl methyl sites for hydroxylation is 2. The molecular weight excluding hydrogens is 322 g/mol. The van der Waals surface area contributed by atoms with Crippen LogP contribution in [0.15, 0.2) is 24.3 Å². The van der Waals surface area contributed by atoms with Crippen LogP contribution in [0, 0.1) is 0 Å². The fourth-order valence-corrected chi connectivity index (χ4v) is 2.61. The van der Waals surface area contributed by atoms with Crippen molar-refractivity contribution >= 4 is 29.4 Å². The molecule has 0 bridgehead atoms. The number of carbonyl (C=O) groups excluding carboxylic acids is 3. The van der Waals surface area contributed by atoms with Crippen LogP contribution in [0.5, 0.6) is 0 Å². The Balaban J connectivity index is 1.91. The smallest absolute Gasteiger partial charge is 0.324 e.